The predicted molar refractivity (Wildman–Crippen MR) is 185 cm³/mol. The van der Waals surface area contributed by atoms with Crippen LogP contribution in [0.15, 0.2) is 118 Å². The summed E-state index contributed by atoms with van der Waals surface area (Å²) in [4.78, 5) is 44.0. The fourth-order valence-electron chi connectivity index (χ4n) is 5.57. The van der Waals surface area contributed by atoms with E-state index in [1.807, 2.05) is 72.8 Å². The molecular weight excluding hydrogens is 627 g/mol. The van der Waals surface area contributed by atoms with E-state index in [1.165, 1.54) is 23.5 Å². The van der Waals surface area contributed by atoms with E-state index >= 15 is 0 Å². The minimum atomic E-state index is -0.771. The van der Waals surface area contributed by atoms with Crippen molar-refractivity contribution >= 4 is 34.8 Å². The number of para-hydroxylation sites is 1. The number of rotatable bonds is 10. The van der Waals surface area contributed by atoms with Gasteiger partial charge in [-0.1, -0.05) is 98.0 Å². The molecule has 0 fully saturated rings. The zero-order valence-corrected chi connectivity index (χ0v) is 27.5. The summed E-state index contributed by atoms with van der Waals surface area (Å²) < 4.78 is 13.7. The average molecular weight is 660 g/mol. The van der Waals surface area contributed by atoms with E-state index in [-0.39, 0.29) is 24.5 Å². The van der Waals surface area contributed by atoms with Gasteiger partial charge in [0.15, 0.2) is 4.80 Å². The second-order valence-electron chi connectivity index (χ2n) is 11.5. The summed E-state index contributed by atoms with van der Waals surface area (Å²) in [5.74, 6) is 0.320. The monoisotopic (exact) mass is 659 g/mol. The predicted octanol–water partition coefficient (Wildman–Crippen LogP) is 6.55. The van der Waals surface area contributed by atoms with Crippen LogP contribution in [0.4, 0.5) is 5.69 Å². The summed E-state index contributed by atoms with van der Waals surface area (Å²) >= 11 is 1.24. The van der Waals surface area contributed by atoms with Crippen molar-refractivity contribution in [2.24, 2.45) is 4.99 Å². The third kappa shape index (κ3) is 6.61. The van der Waals surface area contributed by atoms with Crippen molar-refractivity contribution < 1.29 is 19.2 Å². The van der Waals surface area contributed by atoms with Gasteiger partial charge in [-0.05, 0) is 53.8 Å². The molecule has 10 heteroatoms. The van der Waals surface area contributed by atoms with Crippen LogP contribution in [0.25, 0.3) is 11.8 Å². The van der Waals surface area contributed by atoms with Crippen molar-refractivity contribution in [1.82, 2.24) is 4.57 Å². The van der Waals surface area contributed by atoms with Crippen LogP contribution in [0.5, 0.6) is 5.75 Å². The van der Waals surface area contributed by atoms with Crippen molar-refractivity contribution in [3.63, 3.8) is 0 Å². The van der Waals surface area contributed by atoms with Gasteiger partial charge < -0.3 is 9.47 Å². The highest BCUT2D eigenvalue weighted by molar-refractivity contribution is 7.07. The van der Waals surface area contributed by atoms with Gasteiger partial charge in [0.25, 0.3) is 11.2 Å². The molecule has 0 saturated heterocycles. The SMILES string of the molecule is CCOC(=O)C1=C(c2ccccc2)N=c2s/c(=C/c3ccccc3OCc3ccc([N+](=O)[O-])cc3)c(=O)n2[C@@H]1c1ccc(C(C)C)cc1. The number of esters is 1. The zero-order chi connectivity index (χ0) is 33.8. The Morgan fingerprint density at radius 3 is 2.33 bits per heavy atom. The van der Waals surface area contributed by atoms with Gasteiger partial charge >= 0.3 is 5.97 Å². The van der Waals surface area contributed by atoms with Crippen LogP contribution in [0.1, 0.15) is 60.5 Å². The van der Waals surface area contributed by atoms with Crippen LogP contribution in [-0.4, -0.2) is 22.1 Å². The summed E-state index contributed by atoms with van der Waals surface area (Å²) in [6.45, 7) is 6.33. The van der Waals surface area contributed by atoms with Crippen molar-refractivity contribution in [2.45, 2.75) is 39.3 Å². The Kier molecular flexibility index (Phi) is 9.45. The second-order valence-corrected chi connectivity index (χ2v) is 12.5. The number of carbonyl (C=O) groups excluding carboxylic acids is 1. The van der Waals surface area contributed by atoms with Crippen molar-refractivity contribution in [1.29, 1.82) is 0 Å². The number of nitro groups is 1. The molecule has 0 amide bonds. The molecule has 1 aromatic heterocycles. The van der Waals surface area contributed by atoms with E-state index in [0.29, 0.717) is 37.8 Å². The normalized spacial score (nSPS) is 14.4. The number of thiazole rings is 1. The summed E-state index contributed by atoms with van der Waals surface area (Å²) in [5.41, 5.74) is 4.56. The number of carbonyl (C=O) groups is 1. The van der Waals surface area contributed by atoms with E-state index in [4.69, 9.17) is 14.5 Å². The highest BCUT2D eigenvalue weighted by Gasteiger charge is 2.35. The second kappa shape index (κ2) is 14.0. The van der Waals surface area contributed by atoms with E-state index < -0.39 is 16.9 Å². The number of fused-ring (bicyclic) bond motifs is 1. The fourth-order valence-corrected chi connectivity index (χ4v) is 6.56. The van der Waals surface area contributed by atoms with E-state index in [0.717, 1.165) is 22.3 Å². The molecular formula is C38H33N3O6S. The summed E-state index contributed by atoms with van der Waals surface area (Å²) in [5, 5.41) is 11.0. The lowest BCUT2D eigenvalue weighted by Crippen LogP contribution is -2.40. The van der Waals surface area contributed by atoms with Gasteiger partial charge in [-0.15, -0.1) is 0 Å². The van der Waals surface area contributed by atoms with Crippen LogP contribution in [0.3, 0.4) is 0 Å². The first-order valence-electron chi connectivity index (χ1n) is 15.6. The largest absolute Gasteiger partial charge is 0.488 e. The minimum Gasteiger partial charge on any atom is -0.488 e. The summed E-state index contributed by atoms with van der Waals surface area (Å²) in [6, 6.07) is 30.2. The molecule has 1 atom stereocenters. The Balaban J connectivity index is 1.48. The van der Waals surface area contributed by atoms with Crippen LogP contribution in [-0.2, 0) is 16.1 Å². The number of non-ortho nitro benzene ring substituents is 1. The number of aromatic nitrogens is 1. The zero-order valence-electron chi connectivity index (χ0n) is 26.7. The fraction of sp³-hybridized carbons (Fsp3) is 0.184. The van der Waals surface area contributed by atoms with Crippen LogP contribution < -0.4 is 19.6 Å². The lowest BCUT2D eigenvalue weighted by atomic mass is 9.91. The highest BCUT2D eigenvalue weighted by Crippen LogP contribution is 2.35. The first-order chi connectivity index (χ1) is 23.2. The summed E-state index contributed by atoms with van der Waals surface area (Å²) in [7, 11) is 0. The lowest BCUT2D eigenvalue weighted by Gasteiger charge is -2.26. The molecule has 4 aromatic carbocycles. The molecule has 1 aliphatic rings. The van der Waals surface area contributed by atoms with Gasteiger partial charge in [0.1, 0.15) is 12.4 Å². The Hall–Kier alpha value is -5.61. The lowest BCUT2D eigenvalue weighted by molar-refractivity contribution is -0.384. The number of ether oxygens (including phenoxy) is 2. The molecule has 0 unspecified atom stereocenters. The van der Waals surface area contributed by atoms with Crippen molar-refractivity contribution in [3.8, 4) is 5.75 Å². The van der Waals surface area contributed by atoms with Gasteiger partial charge in [-0.2, -0.15) is 0 Å². The molecule has 0 spiro atoms. The molecule has 9 nitrogen and oxygen atoms in total. The molecule has 0 bridgehead atoms. The Bertz CT molecular complexity index is 2180. The number of hydrogen-bond donors (Lipinski definition) is 0. The molecule has 5 aromatic rings. The smallest absolute Gasteiger partial charge is 0.338 e. The molecule has 6 rings (SSSR count). The molecule has 0 radical (unpaired) electrons. The van der Waals surface area contributed by atoms with E-state index in [2.05, 4.69) is 13.8 Å². The Morgan fingerprint density at radius 2 is 1.67 bits per heavy atom. The third-order valence-electron chi connectivity index (χ3n) is 8.04. The quantitative estimate of drug-likeness (QED) is 0.0956. The Labute approximate surface area is 280 Å². The van der Waals surface area contributed by atoms with Gasteiger partial charge in [0.05, 0.1) is 33.4 Å². The standard InChI is InChI=1S/C38H33N3O6S/c1-4-46-37(43)33-34(27-10-6-5-7-11-27)39-38-40(35(33)28-18-16-26(17-19-28)24(2)3)36(42)32(48-38)22-29-12-8-9-13-31(29)47-23-25-14-20-30(21-15-25)41(44)45/h5-22,24,35H,4,23H2,1-3H3/b32-22+/t35-/m1/s1. The maximum Gasteiger partial charge on any atom is 0.338 e. The average Bonchev–Trinajstić information content (AvgIpc) is 3.41. The molecule has 0 N–H and O–H groups in total. The number of nitrogens with zero attached hydrogens (tertiary/aromatic N) is 3. The molecule has 0 aliphatic carbocycles. The summed E-state index contributed by atoms with van der Waals surface area (Å²) in [6.07, 6.45) is 1.77. The number of benzene rings is 4. The van der Waals surface area contributed by atoms with Crippen LogP contribution >= 0.6 is 11.3 Å². The van der Waals surface area contributed by atoms with Crippen molar-refractivity contribution in [3.05, 3.63) is 166 Å². The maximum absolute atomic E-state index is 14.3. The van der Waals surface area contributed by atoms with Gasteiger partial charge in [0.2, 0.25) is 0 Å². The molecule has 2 heterocycles. The van der Waals surface area contributed by atoms with Crippen LogP contribution in [0.2, 0.25) is 0 Å². The van der Waals surface area contributed by atoms with E-state index in [9.17, 15) is 19.7 Å². The van der Waals surface area contributed by atoms with Crippen LogP contribution in [0, 0.1) is 10.1 Å². The molecule has 1 aliphatic heterocycles. The first-order valence-corrected chi connectivity index (χ1v) is 16.4. The maximum atomic E-state index is 14.3. The topological polar surface area (TPSA) is 113 Å². The van der Waals surface area contributed by atoms with Crippen molar-refractivity contribution in [2.75, 3.05) is 6.61 Å². The van der Waals surface area contributed by atoms with Gasteiger partial charge in [0, 0.05) is 23.3 Å². The van der Waals surface area contributed by atoms with E-state index in [1.54, 1.807) is 35.8 Å². The third-order valence-corrected chi connectivity index (χ3v) is 9.02. The Morgan fingerprint density at radius 1 is 0.979 bits per heavy atom. The van der Waals surface area contributed by atoms with Gasteiger partial charge in [-0.25, -0.2) is 9.79 Å². The highest BCUT2D eigenvalue weighted by atomic mass is 32.1. The molecule has 0 saturated carbocycles. The molecule has 48 heavy (non-hydrogen) atoms. The minimum absolute atomic E-state index is 0.00484. The molecule has 242 valence electrons. The first kappa shape index (κ1) is 32.3. The number of nitro benzene ring substituents is 1. The van der Waals surface area contributed by atoms with Gasteiger partial charge in [-0.3, -0.25) is 19.5 Å². The number of hydrogen-bond acceptors (Lipinski definition) is 8.